The monoisotopic (exact) mass is 235 g/mol. The fraction of sp³-hybridized carbons (Fsp3) is 0.385. The van der Waals surface area contributed by atoms with Gasteiger partial charge < -0.3 is 0 Å². The van der Waals surface area contributed by atoms with Gasteiger partial charge in [0, 0.05) is 10.9 Å². The minimum Gasteiger partial charge on any atom is -0.297 e. The molecule has 0 aromatic heterocycles. The van der Waals surface area contributed by atoms with Crippen LogP contribution in [0, 0.1) is 18.2 Å². The van der Waals surface area contributed by atoms with Crippen molar-refractivity contribution in [2.24, 2.45) is 0 Å². The zero-order valence-electron chi connectivity index (χ0n) is 9.16. The zero-order valence-corrected chi connectivity index (χ0v) is 9.98. The summed E-state index contributed by atoms with van der Waals surface area (Å²) in [5.74, 6) is 3.46. The lowest BCUT2D eigenvalue weighted by atomic mass is 10.0. The van der Waals surface area contributed by atoms with Crippen molar-refractivity contribution in [1.82, 2.24) is 5.32 Å². The van der Waals surface area contributed by atoms with Crippen molar-refractivity contribution in [2.75, 3.05) is 5.75 Å². The second-order valence-electron chi connectivity index (χ2n) is 3.90. The maximum Gasteiger partial charge on any atom is 0.137 e. The molecule has 0 aliphatic carbocycles. The fourth-order valence-corrected chi connectivity index (χ4v) is 3.05. The Bertz CT molecular complexity index is 424. The van der Waals surface area contributed by atoms with E-state index in [4.69, 9.17) is 6.42 Å². The average Bonchev–Trinajstić information content (AvgIpc) is 2.30. The molecule has 3 heteroatoms. The molecule has 1 aromatic rings. The van der Waals surface area contributed by atoms with Crippen LogP contribution in [0.2, 0.25) is 0 Å². The molecule has 1 aliphatic rings. The Labute approximate surface area is 99.8 Å². The lowest BCUT2D eigenvalue weighted by molar-refractivity contribution is 0.479. The maximum atomic E-state index is 13.6. The van der Waals surface area contributed by atoms with Gasteiger partial charge in [0.25, 0.3) is 0 Å². The van der Waals surface area contributed by atoms with Crippen molar-refractivity contribution in [3.63, 3.8) is 0 Å². The Balaban J connectivity index is 2.27. The van der Waals surface area contributed by atoms with E-state index in [0.717, 1.165) is 22.6 Å². The summed E-state index contributed by atoms with van der Waals surface area (Å²) >= 11 is 1.59. The van der Waals surface area contributed by atoms with Crippen molar-refractivity contribution in [3.8, 4) is 12.3 Å². The SMILES string of the molecule is C#CC(C)NC1CCSc2c(F)cccc21. The largest absolute Gasteiger partial charge is 0.297 e. The van der Waals surface area contributed by atoms with E-state index in [1.165, 1.54) is 6.07 Å². The highest BCUT2D eigenvalue weighted by Gasteiger charge is 2.23. The molecule has 2 rings (SSSR count). The van der Waals surface area contributed by atoms with Crippen LogP contribution in [0.1, 0.15) is 24.9 Å². The van der Waals surface area contributed by atoms with E-state index < -0.39 is 0 Å². The van der Waals surface area contributed by atoms with Crippen LogP contribution >= 0.6 is 11.8 Å². The van der Waals surface area contributed by atoms with Crippen molar-refractivity contribution in [3.05, 3.63) is 29.6 Å². The number of halogens is 1. The Hall–Kier alpha value is -0.980. The van der Waals surface area contributed by atoms with Crippen LogP contribution in [0.15, 0.2) is 23.1 Å². The molecular formula is C13H14FNS. The first-order chi connectivity index (χ1) is 7.72. The molecule has 0 saturated carbocycles. The summed E-state index contributed by atoms with van der Waals surface area (Å²) in [6, 6.07) is 5.45. The van der Waals surface area contributed by atoms with E-state index in [-0.39, 0.29) is 17.9 Å². The van der Waals surface area contributed by atoms with Gasteiger partial charge in [-0.2, -0.15) is 0 Å². The third kappa shape index (κ3) is 2.23. The van der Waals surface area contributed by atoms with Crippen LogP contribution in [0.3, 0.4) is 0 Å². The molecule has 1 aromatic carbocycles. The summed E-state index contributed by atoms with van der Waals surface area (Å²) in [7, 11) is 0. The van der Waals surface area contributed by atoms with E-state index in [1.807, 2.05) is 13.0 Å². The average molecular weight is 235 g/mol. The highest BCUT2D eigenvalue weighted by Crippen LogP contribution is 2.37. The van der Waals surface area contributed by atoms with E-state index in [9.17, 15) is 4.39 Å². The quantitative estimate of drug-likeness (QED) is 0.791. The number of rotatable bonds is 2. The summed E-state index contributed by atoms with van der Waals surface area (Å²) in [4.78, 5) is 0.774. The molecule has 1 aliphatic heterocycles. The molecule has 84 valence electrons. The molecule has 2 atom stereocenters. The first kappa shape index (κ1) is 11.5. The summed E-state index contributed by atoms with van der Waals surface area (Å²) in [6.07, 6.45) is 6.34. The van der Waals surface area contributed by atoms with Gasteiger partial charge in [-0.3, -0.25) is 5.32 Å². The number of nitrogens with one attached hydrogen (secondary N) is 1. The van der Waals surface area contributed by atoms with E-state index >= 15 is 0 Å². The van der Waals surface area contributed by atoms with Crippen molar-refractivity contribution in [1.29, 1.82) is 0 Å². The molecule has 0 amide bonds. The van der Waals surface area contributed by atoms with Gasteiger partial charge in [0.15, 0.2) is 0 Å². The molecule has 0 spiro atoms. The Morgan fingerprint density at radius 3 is 3.19 bits per heavy atom. The highest BCUT2D eigenvalue weighted by atomic mass is 32.2. The first-order valence-electron chi connectivity index (χ1n) is 5.35. The van der Waals surface area contributed by atoms with Crippen LogP contribution in [0.25, 0.3) is 0 Å². The predicted molar refractivity (Wildman–Crippen MR) is 65.9 cm³/mol. The van der Waals surface area contributed by atoms with Gasteiger partial charge in [0.1, 0.15) is 5.82 Å². The molecular weight excluding hydrogens is 221 g/mol. The first-order valence-corrected chi connectivity index (χ1v) is 6.34. The summed E-state index contributed by atoms with van der Waals surface area (Å²) in [5, 5.41) is 3.34. The lowest BCUT2D eigenvalue weighted by Gasteiger charge is -2.27. The van der Waals surface area contributed by atoms with Gasteiger partial charge in [-0.25, -0.2) is 4.39 Å². The molecule has 0 bridgehead atoms. The maximum absolute atomic E-state index is 13.6. The standard InChI is InChI=1S/C13H14FNS/c1-3-9(2)15-12-7-8-16-13-10(12)5-4-6-11(13)14/h1,4-6,9,12,15H,7-8H2,2H3. The molecule has 0 radical (unpaired) electrons. The van der Waals surface area contributed by atoms with Gasteiger partial charge >= 0.3 is 0 Å². The van der Waals surface area contributed by atoms with Crippen molar-refractivity contribution in [2.45, 2.75) is 30.3 Å². The number of hydrogen-bond acceptors (Lipinski definition) is 2. The number of thioether (sulfide) groups is 1. The van der Waals surface area contributed by atoms with Crippen molar-refractivity contribution >= 4 is 11.8 Å². The van der Waals surface area contributed by atoms with Gasteiger partial charge in [-0.15, -0.1) is 18.2 Å². The number of fused-ring (bicyclic) bond motifs is 1. The predicted octanol–water partition coefficient (Wildman–Crippen LogP) is 2.97. The summed E-state index contributed by atoms with van der Waals surface area (Å²) in [6.45, 7) is 1.95. The van der Waals surface area contributed by atoms with Crippen LogP contribution in [0.5, 0.6) is 0 Å². The fourth-order valence-electron chi connectivity index (χ4n) is 1.91. The zero-order chi connectivity index (χ0) is 11.5. The minimum atomic E-state index is -0.123. The smallest absolute Gasteiger partial charge is 0.137 e. The van der Waals surface area contributed by atoms with Crippen LogP contribution in [-0.4, -0.2) is 11.8 Å². The third-order valence-corrected chi connectivity index (χ3v) is 3.89. The molecule has 1 N–H and O–H groups in total. The molecule has 1 heterocycles. The van der Waals surface area contributed by atoms with Gasteiger partial charge in [-0.05, 0) is 30.7 Å². The highest BCUT2D eigenvalue weighted by molar-refractivity contribution is 7.99. The second-order valence-corrected chi connectivity index (χ2v) is 5.01. The topological polar surface area (TPSA) is 12.0 Å². The van der Waals surface area contributed by atoms with Crippen LogP contribution in [0.4, 0.5) is 4.39 Å². The van der Waals surface area contributed by atoms with E-state index in [0.29, 0.717) is 0 Å². The minimum absolute atomic E-state index is 0.0178. The number of benzene rings is 1. The van der Waals surface area contributed by atoms with E-state index in [2.05, 4.69) is 11.2 Å². The van der Waals surface area contributed by atoms with Gasteiger partial charge in [0.2, 0.25) is 0 Å². The lowest BCUT2D eigenvalue weighted by Crippen LogP contribution is -2.31. The van der Waals surface area contributed by atoms with Crippen molar-refractivity contribution < 1.29 is 4.39 Å². The van der Waals surface area contributed by atoms with Crippen LogP contribution in [-0.2, 0) is 0 Å². The molecule has 2 unspecified atom stereocenters. The van der Waals surface area contributed by atoms with Gasteiger partial charge in [-0.1, -0.05) is 18.1 Å². The molecule has 0 saturated heterocycles. The van der Waals surface area contributed by atoms with Crippen LogP contribution < -0.4 is 5.32 Å². The van der Waals surface area contributed by atoms with Gasteiger partial charge in [0.05, 0.1) is 6.04 Å². The van der Waals surface area contributed by atoms with E-state index in [1.54, 1.807) is 17.8 Å². The summed E-state index contributed by atoms with van der Waals surface area (Å²) in [5.41, 5.74) is 1.04. The second kappa shape index (κ2) is 4.90. The Morgan fingerprint density at radius 1 is 1.62 bits per heavy atom. The Kier molecular flexibility index (Phi) is 3.52. The normalized spacial score (nSPS) is 20.9. The molecule has 16 heavy (non-hydrogen) atoms. The third-order valence-electron chi connectivity index (χ3n) is 2.73. The summed E-state index contributed by atoms with van der Waals surface area (Å²) < 4.78 is 13.6. The molecule has 0 fully saturated rings. The Morgan fingerprint density at radius 2 is 2.44 bits per heavy atom. The number of hydrogen-bond donors (Lipinski definition) is 1. The molecule has 1 nitrogen and oxygen atoms in total. The number of terminal acetylenes is 1.